The van der Waals surface area contributed by atoms with Crippen LogP contribution in [0.25, 0.3) is 6.08 Å². The molecule has 1 aromatic rings. The average Bonchev–Trinajstić information content (AvgIpc) is 2.31. The molecule has 0 aliphatic heterocycles. The van der Waals surface area contributed by atoms with Gasteiger partial charge in [-0.15, -0.1) is 0 Å². The van der Waals surface area contributed by atoms with E-state index in [1.54, 1.807) is 20.3 Å². The van der Waals surface area contributed by atoms with E-state index in [1.807, 2.05) is 37.3 Å². The zero-order chi connectivity index (χ0) is 12.0. The fourth-order valence-corrected chi connectivity index (χ4v) is 1.48. The van der Waals surface area contributed by atoms with Crippen LogP contribution in [0.3, 0.4) is 0 Å². The van der Waals surface area contributed by atoms with E-state index < -0.39 is 0 Å². The Bertz CT molecular complexity index is 409. The molecule has 1 aromatic carbocycles. The van der Waals surface area contributed by atoms with Gasteiger partial charge in [0.15, 0.2) is 11.5 Å². The molecule has 0 atom stereocenters. The van der Waals surface area contributed by atoms with Gasteiger partial charge in [0.05, 0.1) is 19.2 Å². The highest BCUT2D eigenvalue weighted by atomic mass is 35.5. The second-order valence-corrected chi connectivity index (χ2v) is 3.52. The normalized spacial score (nSPS) is 11.2. The zero-order valence-corrected chi connectivity index (χ0v) is 10.4. The van der Waals surface area contributed by atoms with E-state index in [4.69, 9.17) is 21.1 Å². The Hall–Kier alpha value is -1.41. The maximum absolute atomic E-state index is 6.11. The number of methoxy groups -OCH3 is 2. The van der Waals surface area contributed by atoms with Crippen LogP contribution in [-0.4, -0.2) is 14.2 Å². The number of ether oxygens (including phenoxy) is 2. The molecule has 16 heavy (non-hydrogen) atoms. The molecule has 0 bridgehead atoms. The highest BCUT2D eigenvalue weighted by molar-refractivity contribution is 6.32. The van der Waals surface area contributed by atoms with E-state index in [-0.39, 0.29) is 0 Å². The molecule has 3 heteroatoms. The lowest BCUT2D eigenvalue weighted by Gasteiger charge is -2.09. The summed E-state index contributed by atoms with van der Waals surface area (Å²) < 4.78 is 10.4. The summed E-state index contributed by atoms with van der Waals surface area (Å²) in [4.78, 5) is 0. The predicted molar refractivity (Wildman–Crippen MR) is 68.4 cm³/mol. The highest BCUT2D eigenvalue weighted by Gasteiger charge is 2.07. The molecule has 1 rings (SSSR count). The third-order valence-corrected chi connectivity index (χ3v) is 2.41. The van der Waals surface area contributed by atoms with Crippen LogP contribution < -0.4 is 9.47 Å². The minimum absolute atomic E-state index is 0.635. The summed E-state index contributed by atoms with van der Waals surface area (Å²) in [7, 11) is 3.19. The molecule has 0 radical (unpaired) electrons. The van der Waals surface area contributed by atoms with E-state index in [0.717, 1.165) is 5.56 Å². The molecule has 2 nitrogen and oxygen atoms in total. The van der Waals surface area contributed by atoms with Gasteiger partial charge < -0.3 is 9.47 Å². The van der Waals surface area contributed by atoms with E-state index >= 15 is 0 Å². The van der Waals surface area contributed by atoms with Crippen molar-refractivity contribution in [2.24, 2.45) is 0 Å². The molecule has 0 heterocycles. The summed E-state index contributed by atoms with van der Waals surface area (Å²) in [5.74, 6) is 1.31. The number of hydrogen-bond donors (Lipinski definition) is 0. The molecule has 0 aliphatic rings. The van der Waals surface area contributed by atoms with Crippen LogP contribution in [0.2, 0.25) is 5.02 Å². The van der Waals surface area contributed by atoms with Gasteiger partial charge in [-0.3, -0.25) is 0 Å². The van der Waals surface area contributed by atoms with Gasteiger partial charge in [0.2, 0.25) is 0 Å². The Balaban J connectivity index is 3.11. The van der Waals surface area contributed by atoms with Crippen molar-refractivity contribution in [2.75, 3.05) is 14.2 Å². The van der Waals surface area contributed by atoms with Gasteiger partial charge in [0, 0.05) is 6.07 Å². The lowest BCUT2D eigenvalue weighted by atomic mass is 10.2. The van der Waals surface area contributed by atoms with Crippen molar-refractivity contribution in [3.8, 4) is 11.5 Å². The van der Waals surface area contributed by atoms with E-state index in [0.29, 0.717) is 16.5 Å². The second-order valence-electron chi connectivity index (χ2n) is 3.11. The summed E-state index contributed by atoms with van der Waals surface area (Å²) in [6.45, 7) is 1.96. The SMILES string of the molecule is CC=CC=Cc1cc(OC)c(OC)cc1Cl. The molecular formula is C13H15ClO2. The molecule has 0 saturated heterocycles. The van der Waals surface area contributed by atoms with E-state index in [1.165, 1.54) is 0 Å². The Morgan fingerprint density at radius 1 is 1.06 bits per heavy atom. The number of benzene rings is 1. The fourth-order valence-electron chi connectivity index (χ4n) is 1.27. The quantitative estimate of drug-likeness (QED) is 0.740. The molecule has 0 spiro atoms. The van der Waals surface area contributed by atoms with E-state index in [9.17, 15) is 0 Å². The van der Waals surface area contributed by atoms with Crippen LogP contribution >= 0.6 is 11.6 Å². The van der Waals surface area contributed by atoms with Gasteiger partial charge >= 0.3 is 0 Å². The molecular weight excluding hydrogens is 224 g/mol. The van der Waals surface area contributed by atoms with Crippen LogP contribution in [0.1, 0.15) is 12.5 Å². The molecule has 0 amide bonds. The third-order valence-electron chi connectivity index (χ3n) is 2.08. The third kappa shape index (κ3) is 3.04. The minimum atomic E-state index is 0.635. The van der Waals surface area contributed by atoms with Gasteiger partial charge in [0.1, 0.15) is 0 Å². The van der Waals surface area contributed by atoms with Crippen LogP contribution in [0.5, 0.6) is 11.5 Å². The first-order valence-electron chi connectivity index (χ1n) is 4.93. The number of halogens is 1. The zero-order valence-electron chi connectivity index (χ0n) is 9.66. The Morgan fingerprint density at radius 3 is 2.25 bits per heavy atom. The highest BCUT2D eigenvalue weighted by Crippen LogP contribution is 2.33. The first kappa shape index (κ1) is 12.7. The average molecular weight is 239 g/mol. The summed E-state index contributed by atoms with van der Waals surface area (Å²) in [5.41, 5.74) is 0.900. The fraction of sp³-hybridized carbons (Fsp3) is 0.231. The lowest BCUT2D eigenvalue weighted by Crippen LogP contribution is -1.91. The van der Waals surface area contributed by atoms with Gasteiger partial charge in [0.25, 0.3) is 0 Å². The number of rotatable bonds is 4. The molecule has 0 N–H and O–H groups in total. The van der Waals surface area contributed by atoms with Crippen molar-refractivity contribution in [3.63, 3.8) is 0 Å². The number of hydrogen-bond acceptors (Lipinski definition) is 2. The summed E-state index contributed by atoms with van der Waals surface area (Å²) >= 11 is 6.11. The van der Waals surface area contributed by atoms with Gasteiger partial charge in [-0.25, -0.2) is 0 Å². The first-order valence-corrected chi connectivity index (χ1v) is 5.31. The van der Waals surface area contributed by atoms with Crippen LogP contribution in [0.15, 0.2) is 30.4 Å². The molecule has 86 valence electrons. The van der Waals surface area contributed by atoms with Crippen LogP contribution in [0.4, 0.5) is 0 Å². The maximum Gasteiger partial charge on any atom is 0.162 e. The van der Waals surface area contributed by atoms with Crippen molar-refractivity contribution in [1.82, 2.24) is 0 Å². The van der Waals surface area contributed by atoms with Gasteiger partial charge in [-0.2, -0.15) is 0 Å². The Kier molecular flexibility index (Phi) is 4.93. The first-order chi connectivity index (χ1) is 7.72. The molecule has 0 aliphatic carbocycles. The Labute approximate surface area is 101 Å². The lowest BCUT2D eigenvalue weighted by molar-refractivity contribution is 0.355. The predicted octanol–water partition coefficient (Wildman–Crippen LogP) is 3.95. The maximum atomic E-state index is 6.11. The topological polar surface area (TPSA) is 18.5 Å². The van der Waals surface area contributed by atoms with Crippen molar-refractivity contribution in [1.29, 1.82) is 0 Å². The van der Waals surface area contributed by atoms with Crippen molar-refractivity contribution in [2.45, 2.75) is 6.92 Å². The van der Waals surface area contributed by atoms with E-state index in [2.05, 4.69) is 0 Å². The van der Waals surface area contributed by atoms with Crippen molar-refractivity contribution >= 4 is 17.7 Å². The standard InChI is InChI=1S/C13H15ClO2/c1-4-5-6-7-10-8-12(15-2)13(16-3)9-11(10)14/h4-9H,1-3H3. The monoisotopic (exact) mass is 238 g/mol. The molecule has 0 unspecified atom stereocenters. The van der Waals surface area contributed by atoms with Crippen molar-refractivity contribution in [3.05, 3.63) is 40.9 Å². The van der Waals surface area contributed by atoms with Gasteiger partial charge in [-0.1, -0.05) is 35.9 Å². The largest absolute Gasteiger partial charge is 0.493 e. The number of allylic oxidation sites excluding steroid dienone is 3. The molecule has 0 fully saturated rings. The molecule has 0 saturated carbocycles. The van der Waals surface area contributed by atoms with Crippen LogP contribution in [0, 0.1) is 0 Å². The summed E-state index contributed by atoms with van der Waals surface area (Å²) in [6, 6.07) is 3.59. The summed E-state index contributed by atoms with van der Waals surface area (Å²) in [6.07, 6.45) is 7.73. The van der Waals surface area contributed by atoms with Crippen LogP contribution in [-0.2, 0) is 0 Å². The second kappa shape index (κ2) is 6.23. The molecule has 0 aromatic heterocycles. The smallest absolute Gasteiger partial charge is 0.162 e. The Morgan fingerprint density at radius 2 is 1.69 bits per heavy atom. The van der Waals surface area contributed by atoms with Gasteiger partial charge in [-0.05, 0) is 18.6 Å². The summed E-state index contributed by atoms with van der Waals surface area (Å²) in [5, 5.41) is 0.637. The minimum Gasteiger partial charge on any atom is -0.493 e. The van der Waals surface area contributed by atoms with Crippen molar-refractivity contribution < 1.29 is 9.47 Å².